The van der Waals surface area contributed by atoms with Gasteiger partial charge >= 0.3 is 0 Å². The molecule has 2 aromatic carbocycles. The van der Waals surface area contributed by atoms with E-state index in [1.54, 1.807) is 35.2 Å². The third-order valence-corrected chi connectivity index (χ3v) is 6.24. The number of methoxy groups -OCH3 is 1. The van der Waals surface area contributed by atoms with Gasteiger partial charge in [-0.1, -0.05) is 58.1 Å². The highest BCUT2D eigenvalue weighted by Crippen LogP contribution is 2.38. The predicted molar refractivity (Wildman–Crippen MR) is 127 cm³/mol. The van der Waals surface area contributed by atoms with Crippen molar-refractivity contribution >= 4 is 67.8 Å². The number of thiocarbonyl (C=S) groups is 1. The van der Waals surface area contributed by atoms with Crippen molar-refractivity contribution in [3.8, 4) is 11.5 Å². The molecule has 1 aliphatic heterocycles. The molecule has 1 N–H and O–H groups in total. The molecule has 2 amide bonds. The van der Waals surface area contributed by atoms with Gasteiger partial charge in [0.1, 0.15) is 4.32 Å². The van der Waals surface area contributed by atoms with Gasteiger partial charge in [0, 0.05) is 16.7 Å². The normalized spacial score (nSPS) is 14.9. The number of likely N-dealkylation sites (N-methyl/N-ethyl adjacent to an activating group) is 1. The highest BCUT2D eigenvalue weighted by Gasteiger charge is 2.30. The molecule has 9 heteroatoms. The number of thioether (sulfide) groups is 1. The van der Waals surface area contributed by atoms with Gasteiger partial charge in [-0.2, -0.15) is 0 Å². The van der Waals surface area contributed by atoms with Crippen LogP contribution in [0.4, 0.5) is 5.69 Å². The maximum atomic E-state index is 12.4. The molecular weight excluding hydrogens is 488 g/mol. The molecule has 156 valence electrons. The lowest BCUT2D eigenvalue weighted by atomic mass is 10.2. The summed E-state index contributed by atoms with van der Waals surface area (Å²) in [4.78, 5) is 26.7. The van der Waals surface area contributed by atoms with Gasteiger partial charge in [-0.05, 0) is 42.8 Å². The quantitative estimate of drug-likeness (QED) is 0.433. The summed E-state index contributed by atoms with van der Waals surface area (Å²) in [6.07, 6.45) is 1.76. The van der Waals surface area contributed by atoms with E-state index < -0.39 is 0 Å². The SMILES string of the molecule is CCN1C(=O)/C(=C/c2cc(OC)c(OCC(=O)Nc3ccccc3)cc2Br)SC1=S. The molecule has 30 heavy (non-hydrogen) atoms. The van der Waals surface area contributed by atoms with Crippen molar-refractivity contribution < 1.29 is 19.1 Å². The number of ether oxygens (including phenoxy) is 2. The second kappa shape index (κ2) is 10.1. The lowest BCUT2D eigenvalue weighted by Crippen LogP contribution is -2.27. The highest BCUT2D eigenvalue weighted by atomic mass is 79.9. The third kappa shape index (κ3) is 5.21. The van der Waals surface area contributed by atoms with E-state index in [4.69, 9.17) is 21.7 Å². The standard InChI is InChI=1S/C21H19BrN2O4S2/c1-3-24-20(26)18(30-21(24)29)10-13-9-16(27-2)17(11-15(13)22)28-12-19(25)23-14-7-5-4-6-8-14/h4-11H,3,12H2,1-2H3,(H,23,25)/b18-10-. The number of hydrogen-bond acceptors (Lipinski definition) is 6. The van der Waals surface area contributed by atoms with Crippen molar-refractivity contribution in [2.24, 2.45) is 0 Å². The fourth-order valence-corrected chi connectivity index (χ4v) is 4.52. The van der Waals surface area contributed by atoms with Crippen LogP contribution in [0, 0.1) is 0 Å². The summed E-state index contributed by atoms with van der Waals surface area (Å²) in [5.41, 5.74) is 1.43. The fraction of sp³-hybridized carbons (Fsp3) is 0.190. The Hall–Kier alpha value is -2.36. The van der Waals surface area contributed by atoms with Crippen LogP contribution < -0.4 is 14.8 Å². The molecule has 1 aliphatic rings. The van der Waals surface area contributed by atoms with Gasteiger partial charge in [0.2, 0.25) is 0 Å². The zero-order chi connectivity index (χ0) is 21.7. The van der Waals surface area contributed by atoms with Gasteiger partial charge in [0.15, 0.2) is 18.1 Å². The third-order valence-electron chi connectivity index (χ3n) is 4.18. The number of hydrogen-bond donors (Lipinski definition) is 1. The van der Waals surface area contributed by atoms with Gasteiger partial charge in [0.05, 0.1) is 12.0 Å². The Morgan fingerprint density at radius 1 is 1.27 bits per heavy atom. The molecular formula is C21H19BrN2O4S2. The van der Waals surface area contributed by atoms with Gasteiger partial charge in [-0.25, -0.2) is 0 Å². The van der Waals surface area contributed by atoms with Crippen LogP contribution in [-0.2, 0) is 9.59 Å². The number of nitrogens with zero attached hydrogens (tertiary/aromatic N) is 1. The number of para-hydroxylation sites is 1. The number of benzene rings is 2. The van der Waals surface area contributed by atoms with E-state index in [1.165, 1.54) is 18.9 Å². The molecule has 1 saturated heterocycles. The van der Waals surface area contributed by atoms with Gasteiger partial charge < -0.3 is 14.8 Å². The Bertz CT molecular complexity index is 1010. The molecule has 3 rings (SSSR count). The molecule has 0 unspecified atom stereocenters. The Morgan fingerprint density at radius 2 is 2.00 bits per heavy atom. The molecule has 0 spiro atoms. The molecule has 0 aliphatic carbocycles. The molecule has 0 radical (unpaired) electrons. The minimum atomic E-state index is -0.285. The van der Waals surface area contributed by atoms with Crippen molar-refractivity contribution in [1.29, 1.82) is 0 Å². The molecule has 0 saturated carbocycles. The lowest BCUT2D eigenvalue weighted by Gasteiger charge is -2.13. The average Bonchev–Trinajstić information content (AvgIpc) is 3.01. The van der Waals surface area contributed by atoms with Crippen LogP contribution in [0.15, 0.2) is 51.8 Å². The number of halogens is 1. The van der Waals surface area contributed by atoms with E-state index in [0.717, 1.165) is 5.56 Å². The van der Waals surface area contributed by atoms with Crippen LogP contribution in [-0.4, -0.2) is 41.3 Å². The molecule has 0 aromatic heterocycles. The van der Waals surface area contributed by atoms with Gasteiger partial charge in [0.25, 0.3) is 11.8 Å². The summed E-state index contributed by atoms with van der Waals surface area (Å²) >= 11 is 10.0. The number of carbonyl (C=O) groups is 2. The van der Waals surface area contributed by atoms with E-state index in [2.05, 4.69) is 21.2 Å². The minimum absolute atomic E-state index is 0.115. The number of anilines is 1. The smallest absolute Gasteiger partial charge is 0.266 e. The molecule has 6 nitrogen and oxygen atoms in total. The molecule has 0 atom stereocenters. The first-order valence-corrected chi connectivity index (χ1v) is 11.0. The first kappa shape index (κ1) is 22.3. The van der Waals surface area contributed by atoms with Crippen molar-refractivity contribution in [2.75, 3.05) is 25.6 Å². The molecule has 1 heterocycles. The van der Waals surface area contributed by atoms with Crippen LogP contribution >= 0.6 is 39.9 Å². The van der Waals surface area contributed by atoms with Gasteiger partial charge in [-0.15, -0.1) is 0 Å². The largest absolute Gasteiger partial charge is 0.493 e. The monoisotopic (exact) mass is 506 g/mol. The summed E-state index contributed by atoms with van der Waals surface area (Å²) in [5.74, 6) is 0.455. The fourth-order valence-electron chi connectivity index (χ4n) is 2.71. The van der Waals surface area contributed by atoms with Crippen LogP contribution in [0.25, 0.3) is 6.08 Å². The summed E-state index contributed by atoms with van der Waals surface area (Å²) in [5, 5.41) is 2.76. The highest BCUT2D eigenvalue weighted by molar-refractivity contribution is 9.10. The van der Waals surface area contributed by atoms with Crippen molar-refractivity contribution in [3.05, 3.63) is 57.4 Å². The summed E-state index contributed by atoms with van der Waals surface area (Å²) in [6.45, 7) is 2.24. The van der Waals surface area contributed by atoms with E-state index in [1.807, 2.05) is 25.1 Å². The van der Waals surface area contributed by atoms with E-state index in [-0.39, 0.29) is 18.4 Å². The Morgan fingerprint density at radius 3 is 2.63 bits per heavy atom. The summed E-state index contributed by atoms with van der Waals surface area (Å²) < 4.78 is 12.3. The Labute approximate surface area is 192 Å². The predicted octanol–water partition coefficient (Wildman–Crippen LogP) is 4.70. The van der Waals surface area contributed by atoms with Crippen LogP contribution in [0.5, 0.6) is 11.5 Å². The Kier molecular flexibility index (Phi) is 7.52. The van der Waals surface area contributed by atoms with Crippen LogP contribution in [0.3, 0.4) is 0 Å². The number of rotatable bonds is 7. The van der Waals surface area contributed by atoms with Crippen LogP contribution in [0.1, 0.15) is 12.5 Å². The lowest BCUT2D eigenvalue weighted by molar-refractivity contribution is -0.122. The zero-order valence-electron chi connectivity index (χ0n) is 16.3. The maximum absolute atomic E-state index is 12.4. The summed E-state index contributed by atoms with van der Waals surface area (Å²) in [7, 11) is 1.51. The average molecular weight is 507 g/mol. The van der Waals surface area contributed by atoms with Crippen molar-refractivity contribution in [3.63, 3.8) is 0 Å². The van der Waals surface area contributed by atoms with Crippen molar-refractivity contribution in [1.82, 2.24) is 4.90 Å². The first-order chi connectivity index (χ1) is 14.4. The topological polar surface area (TPSA) is 67.9 Å². The number of nitrogens with one attached hydrogen (secondary N) is 1. The molecule has 1 fully saturated rings. The zero-order valence-corrected chi connectivity index (χ0v) is 19.5. The number of amides is 2. The van der Waals surface area contributed by atoms with E-state index in [9.17, 15) is 9.59 Å². The van der Waals surface area contributed by atoms with E-state index >= 15 is 0 Å². The summed E-state index contributed by atoms with van der Waals surface area (Å²) in [6, 6.07) is 12.6. The second-order valence-electron chi connectivity index (χ2n) is 6.15. The Balaban J connectivity index is 1.74. The van der Waals surface area contributed by atoms with Gasteiger partial charge in [-0.3, -0.25) is 14.5 Å². The van der Waals surface area contributed by atoms with Crippen molar-refractivity contribution in [2.45, 2.75) is 6.92 Å². The first-order valence-electron chi connectivity index (χ1n) is 9.03. The molecule has 2 aromatic rings. The number of carbonyl (C=O) groups excluding carboxylic acids is 2. The van der Waals surface area contributed by atoms with E-state index in [0.29, 0.717) is 37.4 Å². The minimum Gasteiger partial charge on any atom is -0.493 e. The van der Waals surface area contributed by atoms with Crippen LogP contribution in [0.2, 0.25) is 0 Å². The maximum Gasteiger partial charge on any atom is 0.266 e. The second-order valence-corrected chi connectivity index (χ2v) is 8.68. The molecule has 0 bridgehead atoms.